The van der Waals surface area contributed by atoms with Crippen LogP contribution in [-0.4, -0.2) is 29.0 Å². The third-order valence-electron chi connectivity index (χ3n) is 4.28. The van der Waals surface area contributed by atoms with Crippen molar-refractivity contribution >= 4 is 23.5 Å². The lowest BCUT2D eigenvalue weighted by Gasteiger charge is -2.20. The standard InChI is InChI=1S/C22H23F3N4O2S/c1-14(2)26-20(30)17-10-9-16(31-17)13-32-21-27-18(22(23,24)25)11-19(28-21)29(3)12-15-7-5-4-6-8-15/h4-11,14H,12-13H2,1-3H3,(H,26,30). The van der Waals surface area contributed by atoms with Crippen LogP contribution in [0.1, 0.15) is 41.4 Å². The average molecular weight is 465 g/mol. The van der Waals surface area contributed by atoms with Crippen molar-refractivity contribution < 1.29 is 22.4 Å². The van der Waals surface area contributed by atoms with Crippen LogP contribution in [0.25, 0.3) is 0 Å². The van der Waals surface area contributed by atoms with Gasteiger partial charge < -0.3 is 14.6 Å². The molecule has 0 aliphatic heterocycles. The first kappa shape index (κ1) is 23.6. The molecule has 0 saturated heterocycles. The summed E-state index contributed by atoms with van der Waals surface area (Å²) in [6, 6.07) is 13.4. The van der Waals surface area contributed by atoms with Crippen LogP contribution in [0.3, 0.4) is 0 Å². The largest absolute Gasteiger partial charge is 0.455 e. The maximum atomic E-state index is 13.4. The van der Waals surface area contributed by atoms with E-state index in [0.29, 0.717) is 12.3 Å². The molecular weight excluding hydrogens is 441 g/mol. The van der Waals surface area contributed by atoms with E-state index in [2.05, 4.69) is 15.3 Å². The number of nitrogens with one attached hydrogen (secondary N) is 1. The molecule has 0 atom stereocenters. The lowest BCUT2D eigenvalue weighted by atomic mass is 10.2. The zero-order valence-electron chi connectivity index (χ0n) is 17.8. The zero-order chi connectivity index (χ0) is 23.3. The minimum absolute atomic E-state index is 0.0284. The number of benzene rings is 1. The first-order valence-electron chi connectivity index (χ1n) is 9.85. The number of hydrogen-bond acceptors (Lipinski definition) is 6. The van der Waals surface area contributed by atoms with Crippen LogP contribution in [0.5, 0.6) is 0 Å². The monoisotopic (exact) mass is 464 g/mol. The van der Waals surface area contributed by atoms with Crippen LogP contribution in [-0.2, 0) is 18.5 Å². The van der Waals surface area contributed by atoms with E-state index >= 15 is 0 Å². The Labute approximate surface area is 188 Å². The molecule has 0 bridgehead atoms. The fourth-order valence-corrected chi connectivity index (χ4v) is 3.55. The van der Waals surface area contributed by atoms with Gasteiger partial charge in [0.15, 0.2) is 16.6 Å². The predicted octanol–water partition coefficient (Wildman–Crippen LogP) is 5.16. The van der Waals surface area contributed by atoms with Crippen LogP contribution in [0.4, 0.5) is 19.0 Å². The molecule has 1 aromatic carbocycles. The molecule has 6 nitrogen and oxygen atoms in total. The summed E-state index contributed by atoms with van der Waals surface area (Å²) in [5.41, 5.74) is -0.0690. The summed E-state index contributed by atoms with van der Waals surface area (Å²) in [5.74, 6) is 0.566. The fraction of sp³-hybridized carbons (Fsp3) is 0.318. The Bertz CT molecular complexity index is 1050. The van der Waals surface area contributed by atoms with Gasteiger partial charge in [-0.25, -0.2) is 9.97 Å². The molecule has 0 saturated carbocycles. The van der Waals surface area contributed by atoms with Crippen molar-refractivity contribution in [2.24, 2.45) is 0 Å². The van der Waals surface area contributed by atoms with E-state index in [4.69, 9.17) is 4.42 Å². The SMILES string of the molecule is CC(C)NC(=O)c1ccc(CSc2nc(N(C)Cc3ccccc3)cc(C(F)(F)F)n2)o1. The number of aromatic nitrogens is 2. The number of alkyl halides is 3. The number of carbonyl (C=O) groups is 1. The Morgan fingerprint density at radius 3 is 2.53 bits per heavy atom. The molecule has 1 N–H and O–H groups in total. The maximum absolute atomic E-state index is 13.4. The van der Waals surface area contributed by atoms with Crippen molar-refractivity contribution in [2.75, 3.05) is 11.9 Å². The lowest BCUT2D eigenvalue weighted by Crippen LogP contribution is -2.29. The van der Waals surface area contributed by atoms with Crippen molar-refractivity contribution in [1.29, 1.82) is 0 Å². The minimum Gasteiger partial charge on any atom is -0.455 e. The van der Waals surface area contributed by atoms with Crippen LogP contribution < -0.4 is 10.2 Å². The van der Waals surface area contributed by atoms with Crippen molar-refractivity contribution in [2.45, 2.75) is 43.5 Å². The second kappa shape index (κ2) is 10.1. The van der Waals surface area contributed by atoms with E-state index in [0.717, 1.165) is 23.4 Å². The van der Waals surface area contributed by atoms with Gasteiger partial charge in [-0.15, -0.1) is 0 Å². The average Bonchev–Trinajstić information content (AvgIpc) is 3.21. The van der Waals surface area contributed by atoms with Crippen LogP contribution in [0.2, 0.25) is 0 Å². The molecule has 1 amide bonds. The first-order chi connectivity index (χ1) is 15.1. The first-order valence-corrected chi connectivity index (χ1v) is 10.8. The molecule has 0 radical (unpaired) electrons. The van der Waals surface area contributed by atoms with E-state index in [1.54, 1.807) is 18.0 Å². The molecule has 0 aliphatic carbocycles. The highest BCUT2D eigenvalue weighted by Crippen LogP contribution is 2.32. The molecule has 0 fully saturated rings. The molecule has 32 heavy (non-hydrogen) atoms. The number of carbonyl (C=O) groups excluding carboxylic acids is 1. The Morgan fingerprint density at radius 1 is 1.16 bits per heavy atom. The zero-order valence-corrected chi connectivity index (χ0v) is 18.6. The summed E-state index contributed by atoms with van der Waals surface area (Å²) >= 11 is 1.01. The number of halogens is 3. The Balaban J connectivity index is 1.76. The fourth-order valence-electron chi connectivity index (χ4n) is 2.80. The number of anilines is 1. The van der Waals surface area contributed by atoms with Crippen molar-refractivity contribution in [3.63, 3.8) is 0 Å². The van der Waals surface area contributed by atoms with E-state index in [1.165, 1.54) is 6.07 Å². The number of furan rings is 1. The topological polar surface area (TPSA) is 71.3 Å². The second-order valence-electron chi connectivity index (χ2n) is 7.42. The quantitative estimate of drug-likeness (QED) is 0.367. The summed E-state index contributed by atoms with van der Waals surface area (Å²) in [6.45, 7) is 4.05. The van der Waals surface area contributed by atoms with Gasteiger partial charge in [0, 0.05) is 25.7 Å². The summed E-state index contributed by atoms with van der Waals surface area (Å²) in [6.07, 6.45) is -4.60. The third-order valence-corrected chi connectivity index (χ3v) is 5.15. The van der Waals surface area contributed by atoms with E-state index < -0.39 is 11.9 Å². The summed E-state index contributed by atoms with van der Waals surface area (Å²) < 4.78 is 45.8. The predicted molar refractivity (Wildman–Crippen MR) is 116 cm³/mol. The van der Waals surface area contributed by atoms with Crippen LogP contribution in [0, 0.1) is 0 Å². The van der Waals surface area contributed by atoms with Crippen LogP contribution in [0.15, 0.2) is 58.1 Å². The molecule has 0 spiro atoms. The highest BCUT2D eigenvalue weighted by Gasteiger charge is 2.34. The highest BCUT2D eigenvalue weighted by atomic mass is 32.2. The van der Waals surface area contributed by atoms with Gasteiger partial charge in [0.05, 0.1) is 5.75 Å². The molecule has 0 unspecified atom stereocenters. The molecule has 2 aromatic heterocycles. The van der Waals surface area contributed by atoms with Gasteiger partial charge in [-0.05, 0) is 31.5 Å². The van der Waals surface area contributed by atoms with Crippen molar-refractivity contribution in [3.8, 4) is 0 Å². The maximum Gasteiger partial charge on any atom is 0.433 e. The Morgan fingerprint density at radius 2 is 1.88 bits per heavy atom. The van der Waals surface area contributed by atoms with Gasteiger partial charge in [-0.2, -0.15) is 13.2 Å². The molecule has 3 rings (SSSR count). The van der Waals surface area contributed by atoms with Gasteiger partial charge in [0.25, 0.3) is 5.91 Å². The van der Waals surface area contributed by atoms with Crippen molar-refractivity contribution in [1.82, 2.24) is 15.3 Å². The van der Waals surface area contributed by atoms with Crippen LogP contribution >= 0.6 is 11.8 Å². The summed E-state index contributed by atoms with van der Waals surface area (Å²) in [5, 5.41) is 2.69. The molecule has 2 heterocycles. The highest BCUT2D eigenvalue weighted by molar-refractivity contribution is 7.98. The van der Waals surface area contributed by atoms with Gasteiger partial charge >= 0.3 is 6.18 Å². The smallest absolute Gasteiger partial charge is 0.433 e. The molecule has 0 aliphatic rings. The summed E-state index contributed by atoms with van der Waals surface area (Å²) in [7, 11) is 1.68. The number of amides is 1. The van der Waals surface area contributed by atoms with E-state index in [1.807, 2.05) is 44.2 Å². The molecule has 3 aromatic rings. The third kappa shape index (κ3) is 6.49. The summed E-state index contributed by atoms with van der Waals surface area (Å²) in [4.78, 5) is 21.6. The van der Waals surface area contributed by atoms with Gasteiger partial charge in [0.2, 0.25) is 0 Å². The Hall–Kier alpha value is -3.01. The number of nitrogens with zero attached hydrogens (tertiary/aromatic N) is 3. The van der Waals surface area contributed by atoms with Gasteiger partial charge in [-0.3, -0.25) is 4.79 Å². The van der Waals surface area contributed by atoms with Crippen molar-refractivity contribution in [3.05, 3.63) is 71.3 Å². The number of hydrogen-bond donors (Lipinski definition) is 1. The minimum atomic E-state index is -4.60. The molecule has 170 valence electrons. The number of thioether (sulfide) groups is 1. The number of rotatable bonds is 8. The normalized spacial score (nSPS) is 11.6. The second-order valence-corrected chi connectivity index (χ2v) is 8.36. The molecule has 10 heteroatoms. The van der Waals surface area contributed by atoms with E-state index in [9.17, 15) is 18.0 Å². The molecular formula is C22H23F3N4O2S. The lowest BCUT2D eigenvalue weighted by molar-refractivity contribution is -0.141. The van der Waals surface area contributed by atoms with Gasteiger partial charge in [0.1, 0.15) is 11.6 Å². The Kier molecular flexibility index (Phi) is 7.44. The van der Waals surface area contributed by atoms with Gasteiger partial charge in [-0.1, -0.05) is 42.1 Å². The van der Waals surface area contributed by atoms with E-state index in [-0.39, 0.29) is 34.4 Å².